The van der Waals surface area contributed by atoms with Crippen molar-refractivity contribution in [2.24, 2.45) is 0 Å². The van der Waals surface area contributed by atoms with Crippen molar-refractivity contribution in [3.63, 3.8) is 0 Å². The Morgan fingerprint density at radius 1 is 0.933 bits per heavy atom. The first-order valence-electron chi connectivity index (χ1n) is 9.65. The van der Waals surface area contributed by atoms with Crippen LogP contribution >= 0.6 is 23.2 Å². The molecule has 6 heteroatoms. The van der Waals surface area contributed by atoms with E-state index in [0.717, 1.165) is 22.5 Å². The van der Waals surface area contributed by atoms with E-state index in [1.54, 1.807) is 18.2 Å². The van der Waals surface area contributed by atoms with Gasteiger partial charge in [0.1, 0.15) is 0 Å². The van der Waals surface area contributed by atoms with Gasteiger partial charge in [-0.3, -0.25) is 4.79 Å². The first-order valence-corrected chi connectivity index (χ1v) is 10.4. The van der Waals surface area contributed by atoms with Crippen LogP contribution in [-0.2, 0) is 22.4 Å². The van der Waals surface area contributed by atoms with Gasteiger partial charge in [0, 0.05) is 31.9 Å². The van der Waals surface area contributed by atoms with Crippen LogP contribution in [0.5, 0.6) is 0 Å². The second-order valence-corrected chi connectivity index (χ2v) is 7.90. The molecule has 3 aromatic rings. The molecule has 0 aliphatic heterocycles. The molecule has 4 nitrogen and oxygen atoms in total. The third kappa shape index (κ3) is 5.91. The molecule has 30 heavy (non-hydrogen) atoms. The van der Waals surface area contributed by atoms with Gasteiger partial charge in [0.15, 0.2) is 0 Å². The Labute approximate surface area is 187 Å². The van der Waals surface area contributed by atoms with E-state index in [4.69, 9.17) is 27.9 Å². The molecule has 0 saturated heterocycles. The average molecular weight is 443 g/mol. The van der Waals surface area contributed by atoms with E-state index in [1.807, 2.05) is 43.3 Å². The number of carbonyl (C=O) groups excluding carboxylic acids is 1. The maximum atomic E-state index is 12.4. The van der Waals surface area contributed by atoms with Crippen LogP contribution < -0.4 is 10.2 Å². The van der Waals surface area contributed by atoms with Crippen molar-refractivity contribution in [3.05, 3.63) is 87.9 Å². The highest BCUT2D eigenvalue weighted by molar-refractivity contribution is 6.39. The minimum atomic E-state index is -0.278. The van der Waals surface area contributed by atoms with E-state index >= 15 is 0 Å². The zero-order valence-corrected chi connectivity index (χ0v) is 18.5. The molecule has 1 N–H and O–H groups in total. The molecule has 0 spiro atoms. The van der Waals surface area contributed by atoms with Gasteiger partial charge in [-0.05, 0) is 41.5 Å². The summed E-state index contributed by atoms with van der Waals surface area (Å²) in [5.41, 5.74) is 4.46. The van der Waals surface area contributed by atoms with Crippen LogP contribution in [0.3, 0.4) is 0 Å². The summed E-state index contributed by atoms with van der Waals surface area (Å²) in [6.07, 6.45) is 0.833. The second kappa shape index (κ2) is 10.4. The number of carbonyl (C=O) groups is 1. The number of nitrogens with zero attached hydrogens (tertiary/aromatic N) is 1. The molecule has 0 fully saturated rings. The topological polar surface area (TPSA) is 41.6 Å². The number of halogens is 2. The first-order chi connectivity index (χ1) is 14.4. The van der Waals surface area contributed by atoms with Gasteiger partial charge in [-0.1, -0.05) is 59.6 Å². The van der Waals surface area contributed by atoms with Crippen molar-refractivity contribution in [1.29, 1.82) is 0 Å². The van der Waals surface area contributed by atoms with Crippen molar-refractivity contribution in [2.45, 2.75) is 12.8 Å². The zero-order chi connectivity index (χ0) is 21.5. The Bertz CT molecular complexity index is 984. The SMILES string of the molecule is CN(C)c1ccc(CCOC(=O)Cc2ccccc2Nc2c(Cl)cccc2Cl)cc1. The zero-order valence-electron chi connectivity index (χ0n) is 17.0. The summed E-state index contributed by atoms with van der Waals surface area (Å²) in [5, 5.41) is 4.26. The molecule has 0 aliphatic carbocycles. The summed E-state index contributed by atoms with van der Waals surface area (Å²) in [4.78, 5) is 14.4. The molecule has 0 unspecified atom stereocenters. The highest BCUT2D eigenvalue weighted by Crippen LogP contribution is 2.33. The van der Waals surface area contributed by atoms with Gasteiger partial charge in [-0.15, -0.1) is 0 Å². The van der Waals surface area contributed by atoms with E-state index in [2.05, 4.69) is 29.6 Å². The van der Waals surface area contributed by atoms with E-state index in [0.29, 0.717) is 28.8 Å². The lowest BCUT2D eigenvalue weighted by Gasteiger charge is -2.14. The number of ether oxygens (including phenoxy) is 1. The molecule has 0 heterocycles. The van der Waals surface area contributed by atoms with Crippen molar-refractivity contribution < 1.29 is 9.53 Å². The summed E-state index contributed by atoms with van der Waals surface area (Å²) in [6.45, 7) is 0.339. The van der Waals surface area contributed by atoms with E-state index in [-0.39, 0.29) is 12.4 Å². The molecule has 0 aliphatic rings. The lowest BCUT2D eigenvalue weighted by Crippen LogP contribution is -2.12. The molecule has 0 bridgehead atoms. The first kappa shape index (κ1) is 22.0. The van der Waals surface area contributed by atoms with Gasteiger partial charge in [0.05, 0.1) is 28.8 Å². The molecule has 156 valence electrons. The highest BCUT2D eigenvalue weighted by Gasteiger charge is 2.12. The van der Waals surface area contributed by atoms with Crippen LogP contribution in [0, 0.1) is 0 Å². The van der Waals surface area contributed by atoms with Crippen molar-refractivity contribution >= 4 is 46.2 Å². The Kier molecular flexibility index (Phi) is 7.61. The van der Waals surface area contributed by atoms with E-state index in [9.17, 15) is 4.79 Å². The lowest BCUT2D eigenvalue weighted by molar-refractivity contribution is -0.142. The lowest BCUT2D eigenvalue weighted by atomic mass is 10.1. The molecular weight excluding hydrogens is 419 g/mol. The molecule has 0 atom stereocenters. The van der Waals surface area contributed by atoms with Crippen LogP contribution in [0.2, 0.25) is 10.0 Å². The Morgan fingerprint density at radius 3 is 2.27 bits per heavy atom. The molecule has 0 aromatic heterocycles. The second-order valence-electron chi connectivity index (χ2n) is 7.09. The van der Waals surface area contributed by atoms with Gasteiger partial charge < -0.3 is 15.0 Å². The number of benzene rings is 3. The third-order valence-electron chi connectivity index (χ3n) is 4.68. The highest BCUT2D eigenvalue weighted by atomic mass is 35.5. The van der Waals surface area contributed by atoms with E-state index in [1.165, 1.54) is 0 Å². The molecule has 3 rings (SSSR count). The fourth-order valence-corrected chi connectivity index (χ4v) is 3.49. The summed E-state index contributed by atoms with van der Waals surface area (Å²) >= 11 is 12.5. The molecule has 3 aromatic carbocycles. The Morgan fingerprint density at radius 2 is 1.60 bits per heavy atom. The number of rotatable bonds is 8. The largest absolute Gasteiger partial charge is 0.465 e. The normalized spacial score (nSPS) is 10.5. The number of para-hydroxylation sites is 2. The summed E-state index contributed by atoms with van der Waals surface area (Å²) in [5.74, 6) is -0.278. The third-order valence-corrected chi connectivity index (χ3v) is 5.31. The fraction of sp³-hybridized carbons (Fsp3) is 0.208. The smallest absolute Gasteiger partial charge is 0.310 e. The summed E-state index contributed by atoms with van der Waals surface area (Å²) in [6, 6.07) is 21.1. The maximum absolute atomic E-state index is 12.4. The van der Waals surface area contributed by atoms with Crippen LogP contribution in [-0.4, -0.2) is 26.7 Å². The van der Waals surface area contributed by atoms with Gasteiger partial charge in [0.25, 0.3) is 0 Å². The average Bonchev–Trinajstić information content (AvgIpc) is 2.72. The van der Waals surface area contributed by atoms with Crippen LogP contribution in [0.25, 0.3) is 0 Å². The maximum Gasteiger partial charge on any atom is 0.310 e. The minimum Gasteiger partial charge on any atom is -0.465 e. The van der Waals surface area contributed by atoms with Crippen molar-refractivity contribution in [3.8, 4) is 0 Å². The quantitative estimate of drug-likeness (QED) is 0.425. The Balaban J connectivity index is 1.58. The molecule has 0 amide bonds. The van der Waals surface area contributed by atoms with Gasteiger partial charge in [-0.25, -0.2) is 0 Å². The van der Waals surface area contributed by atoms with Gasteiger partial charge >= 0.3 is 5.97 Å². The number of anilines is 3. The van der Waals surface area contributed by atoms with Crippen LogP contribution in [0.1, 0.15) is 11.1 Å². The summed E-state index contributed by atoms with van der Waals surface area (Å²) in [7, 11) is 4.01. The number of esters is 1. The van der Waals surface area contributed by atoms with Gasteiger partial charge in [-0.2, -0.15) is 0 Å². The van der Waals surface area contributed by atoms with E-state index < -0.39 is 0 Å². The molecule has 0 radical (unpaired) electrons. The standard InChI is InChI=1S/C24H24Cl2N2O2/c1-28(2)19-12-10-17(11-13-19)14-15-30-23(29)16-18-6-3-4-9-22(18)27-24-20(25)7-5-8-21(24)26/h3-13,27H,14-16H2,1-2H3. The number of hydrogen-bond acceptors (Lipinski definition) is 4. The van der Waals surface area contributed by atoms with Crippen LogP contribution in [0.4, 0.5) is 17.1 Å². The monoisotopic (exact) mass is 442 g/mol. The molecule has 0 saturated carbocycles. The predicted molar refractivity (Wildman–Crippen MR) is 125 cm³/mol. The van der Waals surface area contributed by atoms with Crippen molar-refractivity contribution in [1.82, 2.24) is 0 Å². The van der Waals surface area contributed by atoms with Gasteiger partial charge in [0.2, 0.25) is 0 Å². The molecular formula is C24H24Cl2N2O2. The summed E-state index contributed by atoms with van der Waals surface area (Å²) < 4.78 is 5.45. The fourth-order valence-electron chi connectivity index (χ4n) is 3.00. The predicted octanol–water partition coefficient (Wildman–Crippen LogP) is 6.13. The number of hydrogen-bond donors (Lipinski definition) is 1. The van der Waals surface area contributed by atoms with Crippen molar-refractivity contribution in [2.75, 3.05) is 30.9 Å². The number of nitrogens with one attached hydrogen (secondary N) is 1. The minimum absolute atomic E-state index is 0.158. The van der Waals surface area contributed by atoms with Crippen LogP contribution in [0.15, 0.2) is 66.7 Å². The Hall–Kier alpha value is -2.69.